The molecule has 428 valence electrons. The number of aryl methyl sites for hydroxylation is 1. The molecule has 1 aliphatic carbocycles. The topological polar surface area (TPSA) is 206 Å². The second-order valence-electron chi connectivity index (χ2n) is 24.2. The molecule has 5 N–H and O–H groups in total. The number of amides is 2. The third-order valence-electron chi connectivity index (χ3n) is 18.5. The van der Waals surface area contributed by atoms with Crippen molar-refractivity contribution in [2.75, 3.05) is 81.6 Å². The summed E-state index contributed by atoms with van der Waals surface area (Å²) in [6.07, 6.45) is 11.3. The van der Waals surface area contributed by atoms with Gasteiger partial charge in [-0.3, -0.25) is 9.59 Å². The van der Waals surface area contributed by atoms with Crippen molar-refractivity contribution < 1.29 is 29.1 Å². The molecule has 1 saturated carbocycles. The fourth-order valence-electron chi connectivity index (χ4n) is 13.5. The highest BCUT2D eigenvalue weighted by molar-refractivity contribution is 7.13. The molecule has 6 aliphatic rings. The summed E-state index contributed by atoms with van der Waals surface area (Å²) in [6.45, 7) is 18.4. The summed E-state index contributed by atoms with van der Waals surface area (Å²) < 4.78 is 12.7. The van der Waals surface area contributed by atoms with E-state index >= 15 is 0 Å². The number of benzene rings is 2. The van der Waals surface area contributed by atoms with Crippen LogP contribution in [0.2, 0.25) is 0 Å². The lowest BCUT2D eigenvalue weighted by molar-refractivity contribution is -0.141. The fraction of sp³-hybridized carbons (Fsp3) is 0.574. The van der Waals surface area contributed by atoms with Gasteiger partial charge in [0.15, 0.2) is 17.4 Å². The number of aliphatic hydroxyl groups is 1. The molecule has 80 heavy (non-hydrogen) atoms. The largest absolute Gasteiger partial charge is 0.507 e. The Morgan fingerprint density at radius 1 is 0.900 bits per heavy atom. The first kappa shape index (κ1) is 55.8. The number of nitrogens with one attached hydrogen (secondary N) is 1. The molecule has 19 heteroatoms. The summed E-state index contributed by atoms with van der Waals surface area (Å²) in [7, 11) is 2.15. The number of para-hydroxylation sites is 1. The zero-order valence-corrected chi connectivity index (χ0v) is 48.3. The van der Waals surface area contributed by atoms with Crippen LogP contribution in [-0.4, -0.2) is 158 Å². The summed E-state index contributed by atoms with van der Waals surface area (Å²) in [5.74, 6) is 2.15. The van der Waals surface area contributed by atoms with E-state index < -0.39 is 18.1 Å². The van der Waals surface area contributed by atoms with Gasteiger partial charge in [-0.2, -0.15) is 0 Å². The number of allylic oxidation sites excluding steroid dienone is 1. The van der Waals surface area contributed by atoms with Crippen LogP contribution in [0.25, 0.3) is 21.7 Å². The van der Waals surface area contributed by atoms with Crippen LogP contribution < -0.4 is 20.9 Å². The first-order valence-electron chi connectivity index (χ1n) is 29.4. The molecule has 4 saturated heterocycles. The second kappa shape index (κ2) is 24.1. The molecule has 5 atom stereocenters. The maximum atomic E-state index is 14.4. The number of piperidine rings is 3. The maximum absolute atomic E-state index is 14.4. The standard InChI is InChI=1S/C61H82N12O6S/c1-37(2)57(61(77)73-33-46(74)29-52(73)60(76)64-39(4)43-11-13-44(14-12-43)58-40(5)63-35-80-58)55-31-56(67-79-55)71-23-15-41(16-24-71)32-69-21-19-47(20-22-69)78-48-27-45(28-48)70-25-17-42(18-26-70)38(3)53-34-72(36-68(53)6)51-30-50(65-66-59(51)62)49-9-7-8-10-54(49)75/h7-14,30-31,34-35,37-39,41-42,45-48,52,57,74-75H,15-29,32-33,36H2,1-6H3,(H2,62,66)(H,64,76)/t38?,39-,45?,46+,48?,52-,57+/m0/s1. The summed E-state index contributed by atoms with van der Waals surface area (Å²) in [5.41, 5.74) is 14.6. The van der Waals surface area contributed by atoms with E-state index in [0.717, 1.165) is 118 Å². The van der Waals surface area contributed by atoms with Crippen molar-refractivity contribution in [3.63, 3.8) is 0 Å². The monoisotopic (exact) mass is 1110 g/mol. The number of nitrogen functional groups attached to an aromatic ring is 1. The van der Waals surface area contributed by atoms with Crippen LogP contribution in [0.1, 0.15) is 114 Å². The lowest BCUT2D eigenvalue weighted by Gasteiger charge is -2.47. The normalized spacial score (nSPS) is 24.1. The Kier molecular flexibility index (Phi) is 16.8. The Morgan fingerprint density at radius 3 is 2.34 bits per heavy atom. The van der Waals surface area contributed by atoms with Crippen LogP contribution in [-0.2, 0) is 14.3 Å². The Hall–Kier alpha value is -6.12. The number of aliphatic hydroxyl groups excluding tert-OH is 1. The molecule has 5 aromatic rings. The zero-order chi connectivity index (χ0) is 55.8. The Balaban J connectivity index is 0.587. The molecular formula is C61H82N12O6S. The third-order valence-corrected chi connectivity index (χ3v) is 19.5. The number of aromatic nitrogens is 4. The number of nitrogens with zero attached hydrogens (tertiary/aromatic N) is 10. The van der Waals surface area contributed by atoms with E-state index in [4.69, 9.17) is 15.0 Å². The van der Waals surface area contributed by atoms with Gasteiger partial charge in [0.25, 0.3) is 0 Å². The van der Waals surface area contributed by atoms with E-state index in [1.807, 2.05) is 81.7 Å². The average molecular weight is 1110 g/mol. The number of carbonyl (C=O) groups excluding carboxylic acids is 2. The number of anilines is 3. The lowest BCUT2D eigenvalue weighted by atomic mass is 9.80. The highest BCUT2D eigenvalue weighted by Gasteiger charge is 2.44. The van der Waals surface area contributed by atoms with E-state index in [1.165, 1.54) is 18.5 Å². The molecule has 18 nitrogen and oxygen atoms in total. The van der Waals surface area contributed by atoms with Gasteiger partial charge in [-0.15, -0.1) is 21.5 Å². The van der Waals surface area contributed by atoms with Crippen LogP contribution in [0.3, 0.4) is 0 Å². The first-order valence-corrected chi connectivity index (χ1v) is 30.3. The van der Waals surface area contributed by atoms with Crippen LogP contribution in [0.5, 0.6) is 5.75 Å². The Labute approximate surface area is 475 Å². The second-order valence-corrected chi connectivity index (χ2v) is 25.0. The van der Waals surface area contributed by atoms with Crippen molar-refractivity contribution in [1.82, 2.24) is 45.3 Å². The predicted octanol–water partition coefficient (Wildman–Crippen LogP) is 8.26. The van der Waals surface area contributed by atoms with Crippen LogP contribution in [0, 0.1) is 30.6 Å². The number of phenols is 1. The van der Waals surface area contributed by atoms with Crippen LogP contribution in [0.15, 0.2) is 82.6 Å². The number of thiazole rings is 1. The number of nitrogens with two attached hydrogens (primary N) is 1. The van der Waals surface area contributed by atoms with Gasteiger partial charge in [-0.25, -0.2) is 4.98 Å². The molecule has 8 heterocycles. The molecule has 5 aliphatic heterocycles. The number of hydrogen-bond donors (Lipinski definition) is 4. The van der Waals surface area contributed by atoms with Gasteiger partial charge in [0.1, 0.15) is 17.7 Å². The molecule has 0 radical (unpaired) electrons. The smallest absolute Gasteiger partial charge is 0.243 e. The summed E-state index contributed by atoms with van der Waals surface area (Å²) in [4.78, 5) is 47.4. The quantitative estimate of drug-likeness (QED) is 0.0692. The number of likely N-dealkylation sites (tertiary alicyclic amines) is 3. The van der Waals surface area contributed by atoms with Crippen molar-refractivity contribution in [2.45, 2.75) is 135 Å². The number of phenolic OH excluding ortho intramolecular Hbond substituents is 1. The van der Waals surface area contributed by atoms with E-state index in [1.54, 1.807) is 28.4 Å². The molecule has 11 rings (SSSR count). The molecule has 5 fully saturated rings. The Morgan fingerprint density at radius 2 is 1.64 bits per heavy atom. The van der Waals surface area contributed by atoms with Gasteiger partial charge in [-0.1, -0.05) is 62.3 Å². The third kappa shape index (κ3) is 12.1. The van der Waals surface area contributed by atoms with Crippen LogP contribution >= 0.6 is 11.3 Å². The molecule has 2 amide bonds. The van der Waals surface area contributed by atoms with Crippen LogP contribution in [0.4, 0.5) is 17.3 Å². The van der Waals surface area contributed by atoms with E-state index in [9.17, 15) is 19.8 Å². The van der Waals surface area contributed by atoms with Crippen molar-refractivity contribution in [2.24, 2.45) is 23.7 Å². The number of rotatable bonds is 17. The fourth-order valence-corrected chi connectivity index (χ4v) is 14.3. The number of ether oxygens (including phenoxy) is 1. The number of carbonyl (C=O) groups is 2. The Bertz CT molecular complexity index is 2960. The van der Waals surface area contributed by atoms with Crippen molar-refractivity contribution in [3.8, 4) is 27.4 Å². The van der Waals surface area contributed by atoms with Gasteiger partial charge >= 0.3 is 0 Å². The minimum Gasteiger partial charge on any atom is -0.507 e. The van der Waals surface area contributed by atoms with Gasteiger partial charge < -0.3 is 59.9 Å². The summed E-state index contributed by atoms with van der Waals surface area (Å²) in [5, 5.41) is 37.4. The van der Waals surface area contributed by atoms with E-state index in [0.29, 0.717) is 65.5 Å². The van der Waals surface area contributed by atoms with Gasteiger partial charge in [0, 0.05) is 88.2 Å². The summed E-state index contributed by atoms with van der Waals surface area (Å²) >= 11 is 1.60. The SMILES string of the molecule is Cc1ncsc1-c1ccc([C@H](C)NC(=O)[C@@H]2C[C@@H](O)CN2C(=O)[C@@H](c2cc(N3CCC(CN4CCC(OC5CC(N6CCC(C(C)C7=CN(c8cc(-c9ccccc9O)nnc8N)CN7C)CC6)C5)CC4)CC3)no2)C(C)C)cc1. The minimum atomic E-state index is -0.796. The first-order chi connectivity index (χ1) is 38.6. The molecule has 1 unspecified atom stereocenters. The molecule has 3 aromatic heterocycles. The number of hydrogen-bond acceptors (Lipinski definition) is 17. The van der Waals surface area contributed by atoms with Crippen molar-refractivity contribution in [3.05, 3.63) is 95.1 Å². The van der Waals surface area contributed by atoms with E-state index in [2.05, 4.69) is 70.3 Å². The van der Waals surface area contributed by atoms with Gasteiger partial charge in [-0.05, 0) is 125 Å². The highest BCUT2D eigenvalue weighted by atomic mass is 32.1. The highest BCUT2D eigenvalue weighted by Crippen LogP contribution is 2.41. The molecule has 2 aromatic carbocycles. The zero-order valence-electron chi connectivity index (χ0n) is 47.5. The number of aromatic hydroxyl groups is 1. The van der Waals surface area contributed by atoms with Crippen molar-refractivity contribution in [1.29, 1.82) is 0 Å². The predicted molar refractivity (Wildman–Crippen MR) is 312 cm³/mol. The molecule has 0 spiro atoms. The lowest BCUT2D eigenvalue weighted by Crippen LogP contribution is -2.52. The molecule has 0 bridgehead atoms. The maximum Gasteiger partial charge on any atom is 0.243 e. The average Bonchev–Trinajstić information content (AvgIpc) is 4.45. The molecular weight excluding hydrogens is 1030 g/mol. The van der Waals surface area contributed by atoms with Crippen molar-refractivity contribution >= 4 is 40.5 Å². The minimum absolute atomic E-state index is 0.0918. The van der Waals surface area contributed by atoms with E-state index in [-0.39, 0.29) is 42.5 Å². The van der Waals surface area contributed by atoms with Gasteiger partial charge in [0.05, 0.1) is 58.5 Å². The number of β-amino-alcohol motifs (C(OH)–C–C–N with tert-alkyl or cyclic N) is 1. The van der Waals surface area contributed by atoms with Gasteiger partial charge in [0.2, 0.25) is 11.8 Å². The summed E-state index contributed by atoms with van der Waals surface area (Å²) in [6, 6.07) is 18.7.